The zero-order valence-corrected chi connectivity index (χ0v) is 15.8. The average molecular weight is 377 g/mol. The average Bonchev–Trinajstić information content (AvgIpc) is 3.04. The highest BCUT2D eigenvalue weighted by atomic mass is 32.1. The van der Waals surface area contributed by atoms with Gasteiger partial charge in [-0.3, -0.25) is 9.79 Å². The van der Waals surface area contributed by atoms with Crippen molar-refractivity contribution >= 4 is 23.2 Å². The number of carbonyl (C=O) groups excluding carboxylic acids is 1. The first kappa shape index (κ1) is 19.8. The second kappa shape index (κ2) is 10.5. The summed E-state index contributed by atoms with van der Waals surface area (Å²) in [7, 11) is 1.70. The number of rotatable bonds is 8. The number of aryl methyl sites for hydroxylation is 1. The van der Waals surface area contributed by atoms with Crippen LogP contribution in [-0.4, -0.2) is 43.5 Å². The van der Waals surface area contributed by atoms with Crippen molar-refractivity contribution in [3.8, 4) is 0 Å². The van der Waals surface area contributed by atoms with Gasteiger partial charge in [0.1, 0.15) is 5.82 Å². The van der Waals surface area contributed by atoms with E-state index in [0.29, 0.717) is 19.0 Å². The monoisotopic (exact) mass is 377 g/mol. The standard InChI is InChI=1S/C18H24FN5OS/c1-13-12-24-17(26-13)7-8-22-18(20-2)23-10-9-21-16(25)11-14-3-5-15(19)6-4-14/h3-6,12H,7-11H2,1-2H3,(H,21,25)(H2,20,22,23). The summed E-state index contributed by atoms with van der Waals surface area (Å²) in [6.45, 7) is 3.82. The van der Waals surface area contributed by atoms with E-state index in [4.69, 9.17) is 0 Å². The van der Waals surface area contributed by atoms with E-state index in [1.165, 1.54) is 17.0 Å². The van der Waals surface area contributed by atoms with E-state index in [2.05, 4.69) is 25.9 Å². The molecule has 0 aliphatic heterocycles. The molecule has 1 aromatic heterocycles. The molecule has 0 spiro atoms. The fourth-order valence-corrected chi connectivity index (χ4v) is 3.05. The van der Waals surface area contributed by atoms with Gasteiger partial charge in [-0.1, -0.05) is 12.1 Å². The van der Waals surface area contributed by atoms with Crippen LogP contribution < -0.4 is 16.0 Å². The van der Waals surface area contributed by atoms with Crippen molar-refractivity contribution in [3.63, 3.8) is 0 Å². The molecule has 0 fully saturated rings. The normalized spacial score (nSPS) is 11.3. The van der Waals surface area contributed by atoms with Crippen LogP contribution >= 0.6 is 11.3 Å². The fourth-order valence-electron chi connectivity index (χ4n) is 2.26. The summed E-state index contributed by atoms with van der Waals surface area (Å²) >= 11 is 1.69. The Kier molecular flexibility index (Phi) is 8.01. The molecule has 26 heavy (non-hydrogen) atoms. The summed E-state index contributed by atoms with van der Waals surface area (Å²) in [6.07, 6.45) is 2.95. The third kappa shape index (κ3) is 7.18. The second-order valence-electron chi connectivity index (χ2n) is 5.69. The Morgan fingerprint density at radius 1 is 1.15 bits per heavy atom. The lowest BCUT2D eigenvalue weighted by molar-refractivity contribution is -0.120. The van der Waals surface area contributed by atoms with Crippen molar-refractivity contribution in [1.82, 2.24) is 20.9 Å². The smallest absolute Gasteiger partial charge is 0.224 e. The van der Waals surface area contributed by atoms with Crippen molar-refractivity contribution in [1.29, 1.82) is 0 Å². The van der Waals surface area contributed by atoms with Crippen LogP contribution in [0.3, 0.4) is 0 Å². The summed E-state index contributed by atoms with van der Waals surface area (Å²) < 4.78 is 12.8. The molecule has 0 aliphatic carbocycles. The molecule has 0 aliphatic rings. The zero-order valence-electron chi connectivity index (χ0n) is 15.0. The Labute approximate surface area is 157 Å². The number of guanidine groups is 1. The molecular weight excluding hydrogens is 353 g/mol. The van der Waals surface area contributed by atoms with Gasteiger partial charge in [-0.25, -0.2) is 9.37 Å². The molecule has 3 N–H and O–H groups in total. The first-order valence-corrected chi connectivity index (χ1v) is 9.25. The molecule has 2 rings (SSSR count). The molecular formula is C18H24FN5OS. The van der Waals surface area contributed by atoms with E-state index < -0.39 is 0 Å². The third-order valence-electron chi connectivity index (χ3n) is 3.54. The molecule has 0 bridgehead atoms. The van der Waals surface area contributed by atoms with Crippen molar-refractivity contribution in [2.45, 2.75) is 19.8 Å². The molecule has 140 valence electrons. The van der Waals surface area contributed by atoms with Crippen molar-refractivity contribution < 1.29 is 9.18 Å². The van der Waals surface area contributed by atoms with Gasteiger partial charge in [-0.05, 0) is 24.6 Å². The molecule has 0 atom stereocenters. The first-order valence-electron chi connectivity index (χ1n) is 8.44. The first-order chi connectivity index (χ1) is 12.6. The topological polar surface area (TPSA) is 78.4 Å². The molecule has 1 aromatic carbocycles. The van der Waals surface area contributed by atoms with E-state index in [1.807, 2.05) is 13.1 Å². The fraction of sp³-hybridized carbons (Fsp3) is 0.389. The Balaban J connectivity index is 1.59. The minimum absolute atomic E-state index is 0.0968. The number of carbonyl (C=O) groups is 1. The Morgan fingerprint density at radius 3 is 2.50 bits per heavy atom. The van der Waals surface area contributed by atoms with E-state index in [9.17, 15) is 9.18 Å². The number of halogens is 1. The summed E-state index contributed by atoms with van der Waals surface area (Å²) in [6, 6.07) is 5.94. The number of hydrogen-bond acceptors (Lipinski definition) is 4. The van der Waals surface area contributed by atoms with Gasteiger partial charge in [0.2, 0.25) is 5.91 Å². The van der Waals surface area contributed by atoms with Crippen LogP contribution in [0.1, 0.15) is 15.4 Å². The van der Waals surface area contributed by atoms with Gasteiger partial charge in [0, 0.05) is 44.2 Å². The Bertz CT molecular complexity index is 729. The minimum Gasteiger partial charge on any atom is -0.356 e. The van der Waals surface area contributed by atoms with Gasteiger partial charge in [0.15, 0.2) is 5.96 Å². The van der Waals surface area contributed by atoms with Gasteiger partial charge in [0.25, 0.3) is 0 Å². The van der Waals surface area contributed by atoms with E-state index in [0.717, 1.165) is 23.5 Å². The van der Waals surface area contributed by atoms with Crippen molar-refractivity contribution in [3.05, 3.63) is 51.7 Å². The lowest BCUT2D eigenvalue weighted by atomic mass is 10.1. The van der Waals surface area contributed by atoms with Gasteiger partial charge in [-0.15, -0.1) is 11.3 Å². The maximum atomic E-state index is 12.8. The number of aromatic nitrogens is 1. The number of thiazole rings is 1. The molecule has 0 saturated heterocycles. The number of hydrogen-bond donors (Lipinski definition) is 3. The van der Waals surface area contributed by atoms with Crippen molar-refractivity contribution in [2.24, 2.45) is 4.99 Å². The van der Waals surface area contributed by atoms with Gasteiger partial charge in [0.05, 0.1) is 11.4 Å². The molecule has 1 amide bonds. The summed E-state index contributed by atoms with van der Waals surface area (Å²) in [5.41, 5.74) is 0.784. The van der Waals surface area contributed by atoms with Crippen LogP contribution in [-0.2, 0) is 17.6 Å². The zero-order chi connectivity index (χ0) is 18.8. The van der Waals surface area contributed by atoms with E-state index >= 15 is 0 Å². The van der Waals surface area contributed by atoms with Crippen LogP contribution in [0.25, 0.3) is 0 Å². The molecule has 1 heterocycles. The summed E-state index contributed by atoms with van der Waals surface area (Å²) in [5, 5.41) is 10.3. The molecule has 6 nitrogen and oxygen atoms in total. The van der Waals surface area contributed by atoms with Crippen LogP contribution in [0.4, 0.5) is 4.39 Å². The molecule has 0 radical (unpaired) electrons. The number of aliphatic imine (C=N–C) groups is 1. The largest absolute Gasteiger partial charge is 0.356 e. The molecule has 0 saturated carbocycles. The quantitative estimate of drug-likeness (QED) is 0.371. The second-order valence-corrected chi connectivity index (χ2v) is 7.01. The lowest BCUT2D eigenvalue weighted by Crippen LogP contribution is -2.42. The maximum absolute atomic E-state index is 12.8. The predicted molar refractivity (Wildman–Crippen MR) is 103 cm³/mol. The Hall–Kier alpha value is -2.48. The number of nitrogens with zero attached hydrogens (tertiary/aromatic N) is 2. The number of amides is 1. The van der Waals surface area contributed by atoms with Crippen LogP contribution in [0.5, 0.6) is 0 Å². The highest BCUT2D eigenvalue weighted by Crippen LogP contribution is 2.10. The van der Waals surface area contributed by atoms with E-state index in [-0.39, 0.29) is 18.1 Å². The Morgan fingerprint density at radius 2 is 1.85 bits per heavy atom. The minimum atomic E-state index is -0.303. The molecule has 0 unspecified atom stereocenters. The highest BCUT2D eigenvalue weighted by molar-refractivity contribution is 7.11. The van der Waals surface area contributed by atoms with Crippen LogP contribution in [0.15, 0.2) is 35.5 Å². The molecule has 2 aromatic rings. The van der Waals surface area contributed by atoms with Crippen LogP contribution in [0, 0.1) is 12.7 Å². The summed E-state index contributed by atoms with van der Waals surface area (Å²) in [4.78, 5) is 21.5. The highest BCUT2D eigenvalue weighted by Gasteiger charge is 2.04. The van der Waals surface area contributed by atoms with Gasteiger partial charge < -0.3 is 16.0 Å². The third-order valence-corrected chi connectivity index (χ3v) is 4.51. The van der Waals surface area contributed by atoms with Gasteiger partial charge >= 0.3 is 0 Å². The summed E-state index contributed by atoms with van der Waals surface area (Å²) in [5.74, 6) is 0.286. The van der Waals surface area contributed by atoms with Gasteiger partial charge in [-0.2, -0.15) is 0 Å². The van der Waals surface area contributed by atoms with Crippen molar-refractivity contribution in [2.75, 3.05) is 26.7 Å². The number of nitrogens with one attached hydrogen (secondary N) is 3. The predicted octanol–water partition coefficient (Wildman–Crippen LogP) is 1.66. The molecule has 8 heteroatoms. The maximum Gasteiger partial charge on any atom is 0.224 e. The number of benzene rings is 1. The van der Waals surface area contributed by atoms with E-state index in [1.54, 1.807) is 30.5 Å². The SMILES string of the molecule is CN=C(NCCNC(=O)Cc1ccc(F)cc1)NCCc1ncc(C)s1. The van der Waals surface area contributed by atoms with Crippen LogP contribution in [0.2, 0.25) is 0 Å². The lowest BCUT2D eigenvalue weighted by Gasteiger charge is -2.12.